The summed E-state index contributed by atoms with van der Waals surface area (Å²) in [4.78, 5) is 52.1. The molecular formula is C26H37N3O6. The minimum Gasteiger partial charge on any atom is -0.468 e. The van der Waals surface area contributed by atoms with Crippen molar-refractivity contribution in [2.75, 3.05) is 13.7 Å². The molecule has 0 radical (unpaired) electrons. The fourth-order valence-corrected chi connectivity index (χ4v) is 3.54. The molecule has 0 saturated carbocycles. The van der Waals surface area contributed by atoms with Crippen LogP contribution in [-0.2, 0) is 23.9 Å². The number of terminal acetylenes is 1. The zero-order valence-electron chi connectivity index (χ0n) is 21.9. The highest BCUT2D eigenvalue weighted by atomic mass is 16.6. The van der Waals surface area contributed by atoms with E-state index in [1.165, 1.54) is 7.11 Å². The molecule has 2 atom stereocenters. The van der Waals surface area contributed by atoms with Crippen LogP contribution in [0.2, 0.25) is 0 Å². The minimum absolute atomic E-state index is 0.0188. The van der Waals surface area contributed by atoms with Gasteiger partial charge in [-0.25, -0.2) is 4.79 Å². The topological polar surface area (TPSA) is 114 Å². The smallest absolute Gasteiger partial charge is 0.408 e. The number of aryl methyl sites for hydroxylation is 2. The lowest BCUT2D eigenvalue weighted by molar-refractivity contribution is -0.143. The van der Waals surface area contributed by atoms with Crippen LogP contribution in [-0.4, -0.2) is 54.1 Å². The van der Waals surface area contributed by atoms with E-state index < -0.39 is 48.1 Å². The van der Waals surface area contributed by atoms with E-state index in [0.29, 0.717) is 5.56 Å². The molecule has 9 heteroatoms. The predicted molar refractivity (Wildman–Crippen MR) is 132 cm³/mol. The number of amides is 3. The lowest BCUT2D eigenvalue weighted by Crippen LogP contribution is -2.52. The zero-order chi connectivity index (χ0) is 26.9. The molecule has 2 N–H and O–H groups in total. The number of esters is 1. The first-order valence-corrected chi connectivity index (χ1v) is 11.4. The Hall–Kier alpha value is -3.54. The summed E-state index contributed by atoms with van der Waals surface area (Å²) in [7, 11) is 1.20. The molecule has 1 aromatic carbocycles. The van der Waals surface area contributed by atoms with Crippen molar-refractivity contribution in [2.24, 2.45) is 5.92 Å². The predicted octanol–water partition coefficient (Wildman–Crippen LogP) is 2.99. The second-order valence-electron chi connectivity index (χ2n) is 9.67. The summed E-state index contributed by atoms with van der Waals surface area (Å²) in [6, 6.07) is 5.47. The number of nitrogens with one attached hydrogen (secondary N) is 2. The highest BCUT2D eigenvalue weighted by Gasteiger charge is 2.37. The van der Waals surface area contributed by atoms with Crippen LogP contribution >= 0.6 is 0 Å². The van der Waals surface area contributed by atoms with Crippen LogP contribution in [0.25, 0.3) is 0 Å². The van der Waals surface area contributed by atoms with Gasteiger partial charge in [-0.3, -0.25) is 19.3 Å². The van der Waals surface area contributed by atoms with Crippen LogP contribution in [0.1, 0.15) is 63.8 Å². The molecule has 0 aliphatic rings. The van der Waals surface area contributed by atoms with Crippen molar-refractivity contribution in [3.8, 4) is 12.5 Å². The molecule has 192 valence electrons. The molecule has 0 spiro atoms. The normalized spacial score (nSPS) is 12.7. The number of rotatable bonds is 9. The summed E-state index contributed by atoms with van der Waals surface area (Å²) in [5.74, 6) is -1.93. The van der Waals surface area contributed by atoms with Gasteiger partial charge in [-0.15, -0.1) is 0 Å². The molecule has 1 rings (SSSR count). The summed E-state index contributed by atoms with van der Waals surface area (Å²) in [6.45, 7) is 12.1. The molecule has 1 aromatic rings. The highest BCUT2D eigenvalue weighted by molar-refractivity contribution is 5.94. The van der Waals surface area contributed by atoms with Gasteiger partial charge in [-0.05, 0) is 63.6 Å². The van der Waals surface area contributed by atoms with Gasteiger partial charge >= 0.3 is 12.1 Å². The van der Waals surface area contributed by atoms with Gasteiger partial charge in [0, 0.05) is 6.04 Å². The third-order valence-electron chi connectivity index (χ3n) is 5.03. The van der Waals surface area contributed by atoms with E-state index in [4.69, 9.17) is 11.2 Å². The van der Waals surface area contributed by atoms with E-state index in [-0.39, 0.29) is 12.3 Å². The van der Waals surface area contributed by atoms with Crippen molar-refractivity contribution in [3.05, 3.63) is 34.9 Å². The molecule has 0 saturated heterocycles. The van der Waals surface area contributed by atoms with E-state index in [2.05, 4.69) is 21.4 Å². The van der Waals surface area contributed by atoms with Crippen LogP contribution in [0, 0.1) is 32.2 Å². The monoisotopic (exact) mass is 487 g/mol. The molecule has 0 aliphatic heterocycles. The fourth-order valence-electron chi connectivity index (χ4n) is 3.54. The molecular weight excluding hydrogens is 450 g/mol. The van der Waals surface area contributed by atoms with Crippen molar-refractivity contribution in [3.63, 3.8) is 0 Å². The molecule has 0 aliphatic carbocycles. The summed E-state index contributed by atoms with van der Waals surface area (Å²) in [5.41, 5.74) is 1.23. The quantitative estimate of drug-likeness (QED) is 0.314. The lowest BCUT2D eigenvalue weighted by Gasteiger charge is -2.32. The van der Waals surface area contributed by atoms with Gasteiger partial charge in [0.15, 0.2) is 0 Å². The standard InChI is InChI=1S/C26H37N3O6/c1-10-29(24(32)19(14-16(2)3)28-25(33)35-26(6,7)8)22(23(31)27-15-20(30)34-9)21-17(4)12-11-13-18(21)5/h1,11-13,16,19,22H,14-15H2,2-9H3,(H,27,31)(H,28,33). The average molecular weight is 488 g/mol. The number of methoxy groups -OCH3 is 1. The Kier molecular flexibility index (Phi) is 10.8. The van der Waals surface area contributed by atoms with Gasteiger partial charge in [-0.1, -0.05) is 38.5 Å². The second kappa shape index (κ2) is 12.8. The van der Waals surface area contributed by atoms with Gasteiger partial charge in [0.1, 0.15) is 24.2 Å². The van der Waals surface area contributed by atoms with Crippen LogP contribution in [0.4, 0.5) is 4.79 Å². The Morgan fingerprint density at radius 3 is 2.14 bits per heavy atom. The summed E-state index contributed by atoms with van der Waals surface area (Å²) >= 11 is 0. The number of alkyl carbamates (subject to hydrolysis) is 1. The van der Waals surface area contributed by atoms with Crippen molar-refractivity contribution >= 4 is 23.9 Å². The molecule has 0 bridgehead atoms. The molecule has 0 heterocycles. The van der Waals surface area contributed by atoms with E-state index in [1.807, 2.05) is 19.9 Å². The van der Waals surface area contributed by atoms with Crippen molar-refractivity contribution in [2.45, 2.75) is 72.6 Å². The van der Waals surface area contributed by atoms with Crippen LogP contribution < -0.4 is 10.6 Å². The van der Waals surface area contributed by atoms with Gasteiger partial charge in [0.05, 0.1) is 7.11 Å². The first-order valence-electron chi connectivity index (χ1n) is 11.4. The average Bonchev–Trinajstić information content (AvgIpc) is 2.74. The summed E-state index contributed by atoms with van der Waals surface area (Å²) in [6.07, 6.45) is 5.27. The van der Waals surface area contributed by atoms with E-state index in [9.17, 15) is 19.2 Å². The van der Waals surface area contributed by atoms with Gasteiger partial charge in [-0.2, -0.15) is 0 Å². The van der Waals surface area contributed by atoms with Crippen LogP contribution in [0.15, 0.2) is 18.2 Å². The van der Waals surface area contributed by atoms with Crippen molar-refractivity contribution in [1.82, 2.24) is 15.5 Å². The number of carbonyl (C=O) groups excluding carboxylic acids is 4. The number of carbonyl (C=O) groups is 4. The maximum absolute atomic E-state index is 13.7. The Morgan fingerprint density at radius 2 is 1.69 bits per heavy atom. The largest absolute Gasteiger partial charge is 0.468 e. The van der Waals surface area contributed by atoms with Gasteiger partial charge < -0.3 is 20.1 Å². The van der Waals surface area contributed by atoms with E-state index in [0.717, 1.165) is 16.0 Å². The van der Waals surface area contributed by atoms with E-state index >= 15 is 0 Å². The lowest BCUT2D eigenvalue weighted by atomic mass is 9.93. The van der Waals surface area contributed by atoms with Crippen molar-refractivity contribution < 1.29 is 28.7 Å². The third-order valence-corrected chi connectivity index (χ3v) is 5.03. The zero-order valence-corrected chi connectivity index (χ0v) is 21.9. The van der Waals surface area contributed by atoms with Gasteiger partial charge in [0.2, 0.25) is 5.91 Å². The number of benzene rings is 1. The summed E-state index contributed by atoms with van der Waals surface area (Å²) < 4.78 is 9.92. The molecule has 9 nitrogen and oxygen atoms in total. The third kappa shape index (κ3) is 8.96. The molecule has 0 aromatic heterocycles. The molecule has 35 heavy (non-hydrogen) atoms. The molecule has 2 unspecified atom stereocenters. The fraction of sp³-hybridized carbons (Fsp3) is 0.538. The first-order chi connectivity index (χ1) is 16.2. The maximum Gasteiger partial charge on any atom is 0.408 e. The Bertz CT molecular complexity index is 954. The van der Waals surface area contributed by atoms with Crippen molar-refractivity contribution in [1.29, 1.82) is 0 Å². The highest BCUT2D eigenvalue weighted by Crippen LogP contribution is 2.28. The Morgan fingerprint density at radius 1 is 1.11 bits per heavy atom. The maximum atomic E-state index is 13.7. The Labute approximate surface area is 207 Å². The van der Waals surface area contributed by atoms with Crippen LogP contribution in [0.3, 0.4) is 0 Å². The van der Waals surface area contributed by atoms with Crippen LogP contribution in [0.5, 0.6) is 0 Å². The Balaban J connectivity index is 3.46. The van der Waals surface area contributed by atoms with E-state index in [1.54, 1.807) is 46.8 Å². The molecule has 3 amide bonds. The number of hydrogen-bond acceptors (Lipinski definition) is 6. The minimum atomic E-state index is -1.24. The number of ether oxygens (including phenoxy) is 2. The first kappa shape index (κ1) is 29.5. The molecule has 0 fully saturated rings. The number of hydrogen-bond donors (Lipinski definition) is 2. The summed E-state index contributed by atoms with van der Waals surface area (Å²) in [5, 5.41) is 5.09. The second-order valence-corrected chi connectivity index (χ2v) is 9.67. The number of nitrogens with zero attached hydrogens (tertiary/aromatic N) is 1. The van der Waals surface area contributed by atoms with Gasteiger partial charge in [0.25, 0.3) is 5.91 Å². The SMILES string of the molecule is C#CN(C(=O)C(CC(C)C)NC(=O)OC(C)(C)C)C(C(=O)NCC(=O)OC)c1c(C)cccc1C.